The largest absolute Gasteiger partial charge is 0.308 e. The highest BCUT2D eigenvalue weighted by Crippen LogP contribution is 2.42. The second-order valence-electron chi connectivity index (χ2n) is 14.0. The molecular weight excluding hydrogens is 671 g/mol. The highest BCUT2D eigenvalue weighted by atomic mass is 15.1. The summed E-state index contributed by atoms with van der Waals surface area (Å²) in [5, 5.41) is 27.0. The Morgan fingerprint density at radius 3 is 1.51 bits per heavy atom. The SMILES string of the molecule is N#Cc1ccc2c(c1)c1ccccc1n2-c1cc(-c2ccccc2-n2c3ccccc3c3cccc(-n4c5ccccc5c5ccccc54)c32)ccc1C#N. The molecule has 0 atom stereocenters. The third-order valence-corrected chi connectivity index (χ3v) is 11.1. The minimum absolute atomic E-state index is 0.568. The van der Waals surface area contributed by atoms with E-state index in [0.29, 0.717) is 11.1 Å². The molecule has 8 aromatic carbocycles. The number of benzene rings is 8. The lowest BCUT2D eigenvalue weighted by Gasteiger charge is -2.18. The number of hydrogen-bond acceptors (Lipinski definition) is 2. The van der Waals surface area contributed by atoms with E-state index in [-0.39, 0.29) is 0 Å². The monoisotopic (exact) mass is 699 g/mol. The predicted molar refractivity (Wildman–Crippen MR) is 224 cm³/mol. The van der Waals surface area contributed by atoms with Crippen LogP contribution in [0.25, 0.3) is 93.6 Å². The summed E-state index contributed by atoms with van der Waals surface area (Å²) in [6.07, 6.45) is 0. The van der Waals surface area contributed by atoms with Crippen LogP contribution in [0.3, 0.4) is 0 Å². The number of fused-ring (bicyclic) bond motifs is 9. The first-order valence-corrected chi connectivity index (χ1v) is 18.3. The molecule has 0 unspecified atom stereocenters. The van der Waals surface area contributed by atoms with Crippen molar-refractivity contribution in [1.82, 2.24) is 13.7 Å². The molecule has 254 valence electrons. The molecule has 11 aromatic rings. The summed E-state index contributed by atoms with van der Waals surface area (Å²) in [4.78, 5) is 0. The Kier molecular flexibility index (Phi) is 6.61. The maximum absolute atomic E-state index is 10.5. The highest BCUT2D eigenvalue weighted by molar-refractivity contribution is 6.15. The van der Waals surface area contributed by atoms with Crippen molar-refractivity contribution in [2.75, 3.05) is 0 Å². The van der Waals surface area contributed by atoms with E-state index in [1.807, 2.05) is 36.4 Å². The lowest BCUT2D eigenvalue weighted by Crippen LogP contribution is -2.03. The van der Waals surface area contributed by atoms with E-state index in [1.54, 1.807) is 0 Å². The van der Waals surface area contributed by atoms with Crippen molar-refractivity contribution in [3.8, 4) is 40.3 Å². The molecule has 0 amide bonds. The van der Waals surface area contributed by atoms with Crippen LogP contribution in [0.2, 0.25) is 0 Å². The summed E-state index contributed by atoms with van der Waals surface area (Å²) >= 11 is 0. The predicted octanol–water partition coefficient (Wildman–Crippen LogP) is 12.4. The van der Waals surface area contributed by atoms with Gasteiger partial charge in [0.2, 0.25) is 0 Å². The molecule has 0 fully saturated rings. The van der Waals surface area contributed by atoms with Crippen LogP contribution in [-0.4, -0.2) is 13.7 Å². The standard InChI is InChI=1S/C50H29N5/c51-30-32-24-27-47-41(28-32)39-16-5-9-21-45(39)54(47)49-29-33(25-26-34(49)31-52)35-12-1-6-18-42(35)55-46-22-10-4-15-38(46)40-17-11-23-48(50(40)55)53-43-19-7-2-13-36(43)37-14-3-8-20-44(37)53/h1-29H. The van der Waals surface area contributed by atoms with Gasteiger partial charge in [-0.05, 0) is 72.3 Å². The van der Waals surface area contributed by atoms with E-state index >= 15 is 0 Å². The molecule has 11 rings (SSSR count). The van der Waals surface area contributed by atoms with Gasteiger partial charge in [0.1, 0.15) is 6.07 Å². The molecule has 5 nitrogen and oxygen atoms in total. The molecule has 0 aliphatic carbocycles. The number of hydrogen-bond donors (Lipinski definition) is 0. The Morgan fingerprint density at radius 2 is 0.855 bits per heavy atom. The number of para-hydroxylation sites is 6. The van der Waals surface area contributed by atoms with Crippen molar-refractivity contribution in [1.29, 1.82) is 10.5 Å². The van der Waals surface area contributed by atoms with Crippen molar-refractivity contribution < 1.29 is 0 Å². The quantitative estimate of drug-likeness (QED) is 0.184. The van der Waals surface area contributed by atoms with E-state index in [0.717, 1.165) is 72.1 Å². The molecule has 0 aliphatic rings. The summed E-state index contributed by atoms with van der Waals surface area (Å²) in [6, 6.07) is 66.0. The van der Waals surface area contributed by atoms with Gasteiger partial charge in [-0.3, -0.25) is 0 Å². The van der Waals surface area contributed by atoms with Crippen LogP contribution in [0.4, 0.5) is 0 Å². The van der Waals surface area contributed by atoms with E-state index in [4.69, 9.17) is 0 Å². The minimum Gasteiger partial charge on any atom is -0.308 e. The van der Waals surface area contributed by atoms with Gasteiger partial charge < -0.3 is 13.7 Å². The lowest BCUT2D eigenvalue weighted by molar-refractivity contribution is 1.13. The molecule has 3 heterocycles. The van der Waals surface area contributed by atoms with Gasteiger partial charge in [-0.25, -0.2) is 0 Å². The smallest absolute Gasteiger partial charge is 0.101 e. The third-order valence-electron chi connectivity index (χ3n) is 11.1. The minimum atomic E-state index is 0.568. The fourth-order valence-electron chi connectivity index (χ4n) is 8.81. The number of aromatic nitrogens is 3. The summed E-state index contributed by atoms with van der Waals surface area (Å²) in [6.45, 7) is 0. The summed E-state index contributed by atoms with van der Waals surface area (Å²) in [5.41, 5.74) is 12.6. The molecule has 3 aromatic heterocycles. The van der Waals surface area contributed by atoms with E-state index in [9.17, 15) is 10.5 Å². The van der Waals surface area contributed by atoms with Gasteiger partial charge in [0.15, 0.2) is 0 Å². The van der Waals surface area contributed by atoms with E-state index in [2.05, 4.69) is 165 Å². The maximum Gasteiger partial charge on any atom is 0.101 e. The second-order valence-corrected chi connectivity index (χ2v) is 14.0. The Morgan fingerprint density at radius 1 is 0.345 bits per heavy atom. The van der Waals surface area contributed by atoms with Gasteiger partial charge in [0.25, 0.3) is 0 Å². The zero-order valence-electron chi connectivity index (χ0n) is 29.5. The van der Waals surface area contributed by atoms with Crippen molar-refractivity contribution in [3.05, 3.63) is 187 Å². The van der Waals surface area contributed by atoms with Crippen LogP contribution in [0, 0.1) is 22.7 Å². The molecule has 0 spiro atoms. The molecule has 55 heavy (non-hydrogen) atoms. The molecule has 0 radical (unpaired) electrons. The maximum atomic E-state index is 10.5. The van der Waals surface area contributed by atoms with Crippen LogP contribution in [-0.2, 0) is 0 Å². The summed E-state index contributed by atoms with van der Waals surface area (Å²) < 4.78 is 6.99. The normalized spacial score (nSPS) is 11.6. The average molecular weight is 700 g/mol. The van der Waals surface area contributed by atoms with Crippen LogP contribution in [0.5, 0.6) is 0 Å². The molecule has 5 heteroatoms. The van der Waals surface area contributed by atoms with Crippen LogP contribution < -0.4 is 0 Å². The highest BCUT2D eigenvalue weighted by Gasteiger charge is 2.22. The molecule has 0 N–H and O–H groups in total. The first-order valence-electron chi connectivity index (χ1n) is 18.3. The van der Waals surface area contributed by atoms with E-state index in [1.165, 1.54) is 21.5 Å². The fraction of sp³-hybridized carbons (Fsp3) is 0. The Hall–Kier alpha value is -7.86. The lowest BCUT2D eigenvalue weighted by atomic mass is 10.00. The first-order chi connectivity index (χ1) is 27.2. The average Bonchev–Trinajstić information content (AvgIpc) is 3.89. The van der Waals surface area contributed by atoms with Crippen LogP contribution in [0.1, 0.15) is 11.1 Å². The van der Waals surface area contributed by atoms with Crippen LogP contribution in [0.15, 0.2) is 176 Å². The van der Waals surface area contributed by atoms with Gasteiger partial charge in [0, 0.05) is 37.9 Å². The van der Waals surface area contributed by atoms with Crippen molar-refractivity contribution in [2.45, 2.75) is 0 Å². The first kappa shape index (κ1) is 30.7. The molecule has 0 aliphatic heterocycles. The van der Waals surface area contributed by atoms with Gasteiger partial charge >= 0.3 is 0 Å². The zero-order chi connectivity index (χ0) is 36.6. The topological polar surface area (TPSA) is 62.4 Å². The van der Waals surface area contributed by atoms with Crippen molar-refractivity contribution >= 4 is 65.4 Å². The van der Waals surface area contributed by atoms with Gasteiger partial charge in [0.05, 0.1) is 67.4 Å². The van der Waals surface area contributed by atoms with Gasteiger partial charge in [-0.15, -0.1) is 0 Å². The van der Waals surface area contributed by atoms with Gasteiger partial charge in [-0.1, -0.05) is 109 Å². The number of nitrogens with zero attached hydrogens (tertiary/aromatic N) is 5. The third kappa shape index (κ3) is 4.39. The number of rotatable bonds is 4. The van der Waals surface area contributed by atoms with Crippen LogP contribution >= 0.6 is 0 Å². The van der Waals surface area contributed by atoms with Crippen molar-refractivity contribution in [2.24, 2.45) is 0 Å². The van der Waals surface area contributed by atoms with Crippen molar-refractivity contribution in [3.63, 3.8) is 0 Å². The fourth-order valence-corrected chi connectivity index (χ4v) is 8.81. The Labute approximate surface area is 316 Å². The summed E-state index contributed by atoms with van der Waals surface area (Å²) in [5.74, 6) is 0. The Balaban J connectivity index is 1.21. The summed E-state index contributed by atoms with van der Waals surface area (Å²) in [7, 11) is 0. The molecule has 0 saturated heterocycles. The second kappa shape index (κ2) is 11.8. The van der Waals surface area contributed by atoms with Gasteiger partial charge in [-0.2, -0.15) is 10.5 Å². The Bertz CT molecular complexity index is 3420. The van der Waals surface area contributed by atoms with E-state index < -0.39 is 0 Å². The number of nitriles is 2. The molecule has 0 bridgehead atoms. The zero-order valence-corrected chi connectivity index (χ0v) is 29.5. The molecule has 0 saturated carbocycles. The molecular formula is C50H29N5.